The van der Waals surface area contributed by atoms with E-state index in [0.717, 1.165) is 18.6 Å². The summed E-state index contributed by atoms with van der Waals surface area (Å²) < 4.78 is 5.68. The lowest BCUT2D eigenvalue weighted by molar-refractivity contribution is 0.237. The molecular formula is C14H23ClN2O. The fourth-order valence-corrected chi connectivity index (χ4v) is 1.76. The van der Waals surface area contributed by atoms with Crippen molar-refractivity contribution in [1.82, 2.24) is 5.43 Å². The second-order valence-corrected chi connectivity index (χ2v) is 6.17. The van der Waals surface area contributed by atoms with Crippen molar-refractivity contribution in [3.8, 4) is 5.75 Å². The molecule has 3 N–H and O–H groups in total. The van der Waals surface area contributed by atoms with Gasteiger partial charge in [0.2, 0.25) is 0 Å². The molecule has 0 saturated carbocycles. The first-order chi connectivity index (χ1) is 8.40. The van der Waals surface area contributed by atoms with Gasteiger partial charge in [0.25, 0.3) is 0 Å². The van der Waals surface area contributed by atoms with Crippen molar-refractivity contribution in [1.29, 1.82) is 0 Å². The van der Waals surface area contributed by atoms with Crippen LogP contribution < -0.4 is 16.0 Å². The molecule has 102 valence electrons. The molecule has 0 bridgehead atoms. The van der Waals surface area contributed by atoms with E-state index < -0.39 is 0 Å². The molecule has 0 spiro atoms. The quantitative estimate of drug-likeness (QED) is 0.615. The van der Waals surface area contributed by atoms with Gasteiger partial charge in [-0.2, -0.15) is 0 Å². The van der Waals surface area contributed by atoms with Gasteiger partial charge >= 0.3 is 0 Å². The first-order valence-corrected chi connectivity index (χ1v) is 6.63. The smallest absolute Gasteiger partial charge is 0.120 e. The second-order valence-electron chi connectivity index (χ2n) is 5.73. The highest BCUT2D eigenvalue weighted by atomic mass is 35.5. The molecule has 1 rings (SSSR count). The average molecular weight is 271 g/mol. The van der Waals surface area contributed by atoms with E-state index in [1.165, 1.54) is 0 Å². The molecule has 0 aliphatic heterocycles. The van der Waals surface area contributed by atoms with Crippen LogP contribution in [0.3, 0.4) is 0 Å². The monoisotopic (exact) mass is 270 g/mol. The number of nitrogens with one attached hydrogen (secondary N) is 1. The predicted octanol–water partition coefficient (Wildman–Crippen LogP) is 3.38. The van der Waals surface area contributed by atoms with Crippen molar-refractivity contribution in [2.45, 2.75) is 39.7 Å². The summed E-state index contributed by atoms with van der Waals surface area (Å²) in [4.78, 5) is 0. The van der Waals surface area contributed by atoms with Crippen molar-refractivity contribution >= 4 is 11.6 Å². The van der Waals surface area contributed by atoms with Gasteiger partial charge in [-0.15, -0.1) is 0 Å². The Labute approximate surface area is 115 Å². The minimum atomic E-state index is 0.156. The van der Waals surface area contributed by atoms with Crippen LogP contribution in [0.1, 0.15) is 33.6 Å². The molecule has 1 aromatic rings. The Morgan fingerprint density at radius 1 is 1.39 bits per heavy atom. The zero-order chi connectivity index (χ0) is 13.6. The van der Waals surface area contributed by atoms with E-state index in [1.807, 2.05) is 18.2 Å². The highest BCUT2D eigenvalue weighted by Crippen LogP contribution is 2.22. The third-order valence-electron chi connectivity index (χ3n) is 2.73. The maximum atomic E-state index is 5.89. The van der Waals surface area contributed by atoms with Crippen LogP contribution in [-0.2, 0) is 0 Å². The van der Waals surface area contributed by atoms with E-state index in [0.29, 0.717) is 17.0 Å². The summed E-state index contributed by atoms with van der Waals surface area (Å²) in [6.07, 6.45) is 2.08. The van der Waals surface area contributed by atoms with Gasteiger partial charge in [-0.05, 0) is 36.5 Å². The van der Waals surface area contributed by atoms with Crippen LogP contribution in [0, 0.1) is 5.41 Å². The van der Waals surface area contributed by atoms with E-state index in [-0.39, 0.29) is 6.04 Å². The molecule has 4 heteroatoms. The first kappa shape index (κ1) is 15.3. The third kappa shape index (κ3) is 6.24. The summed E-state index contributed by atoms with van der Waals surface area (Å²) in [5.74, 6) is 6.32. The normalized spacial score (nSPS) is 13.4. The fraction of sp³-hybridized carbons (Fsp3) is 0.571. The van der Waals surface area contributed by atoms with Crippen LogP contribution in [0.4, 0.5) is 0 Å². The van der Waals surface area contributed by atoms with Crippen molar-refractivity contribution in [3.05, 3.63) is 29.3 Å². The summed E-state index contributed by atoms with van der Waals surface area (Å²) in [7, 11) is 0. The lowest BCUT2D eigenvalue weighted by Gasteiger charge is -2.22. The summed E-state index contributed by atoms with van der Waals surface area (Å²) in [5, 5.41) is 0.680. The third-order valence-corrected chi connectivity index (χ3v) is 2.96. The van der Waals surface area contributed by atoms with Gasteiger partial charge in [0, 0.05) is 5.02 Å². The van der Waals surface area contributed by atoms with Gasteiger partial charge in [-0.3, -0.25) is 11.3 Å². The highest BCUT2D eigenvalue weighted by molar-refractivity contribution is 6.30. The number of ether oxygens (including phenoxy) is 1. The minimum absolute atomic E-state index is 0.156. The Morgan fingerprint density at radius 3 is 2.67 bits per heavy atom. The molecule has 1 unspecified atom stereocenters. The maximum absolute atomic E-state index is 5.89. The van der Waals surface area contributed by atoms with E-state index in [4.69, 9.17) is 22.2 Å². The Balaban J connectivity index is 2.40. The average Bonchev–Trinajstić information content (AvgIpc) is 2.28. The number of hydrazine groups is 1. The molecule has 0 radical (unpaired) electrons. The molecule has 1 atom stereocenters. The number of halogens is 1. The minimum Gasteiger partial charge on any atom is -0.492 e. The summed E-state index contributed by atoms with van der Waals surface area (Å²) >= 11 is 5.89. The van der Waals surface area contributed by atoms with Gasteiger partial charge in [0.05, 0.1) is 6.04 Å². The predicted molar refractivity (Wildman–Crippen MR) is 76.7 cm³/mol. The molecule has 18 heavy (non-hydrogen) atoms. The van der Waals surface area contributed by atoms with Gasteiger partial charge in [0.15, 0.2) is 0 Å². The topological polar surface area (TPSA) is 47.3 Å². The zero-order valence-electron chi connectivity index (χ0n) is 11.4. The second kappa shape index (κ2) is 6.98. The van der Waals surface area contributed by atoms with Crippen molar-refractivity contribution in [2.75, 3.05) is 6.61 Å². The van der Waals surface area contributed by atoms with E-state index >= 15 is 0 Å². The number of rotatable bonds is 6. The van der Waals surface area contributed by atoms with Crippen molar-refractivity contribution < 1.29 is 4.74 Å². The van der Waals surface area contributed by atoms with Crippen LogP contribution in [0.25, 0.3) is 0 Å². The molecule has 0 heterocycles. The molecule has 0 aliphatic rings. The van der Waals surface area contributed by atoms with Gasteiger partial charge in [-0.25, -0.2) is 0 Å². The standard InChI is InChI=1S/C14H23ClN2O/c1-14(2,3)8-7-12(17-16)10-18-13-6-4-5-11(15)9-13/h4-6,9,12,17H,7-8,10,16H2,1-3H3. The molecule has 1 aromatic carbocycles. The fourth-order valence-electron chi connectivity index (χ4n) is 1.58. The highest BCUT2D eigenvalue weighted by Gasteiger charge is 2.15. The van der Waals surface area contributed by atoms with Crippen LogP contribution in [0.2, 0.25) is 5.02 Å². The Morgan fingerprint density at radius 2 is 2.11 bits per heavy atom. The summed E-state index contributed by atoms with van der Waals surface area (Å²) in [5.41, 5.74) is 3.11. The molecule has 0 aromatic heterocycles. The van der Waals surface area contributed by atoms with E-state index in [9.17, 15) is 0 Å². The van der Waals surface area contributed by atoms with Crippen LogP contribution in [0.15, 0.2) is 24.3 Å². The number of hydrogen-bond donors (Lipinski definition) is 2. The molecule has 3 nitrogen and oxygen atoms in total. The SMILES string of the molecule is CC(C)(C)CCC(COc1cccc(Cl)c1)NN. The summed E-state index contributed by atoms with van der Waals surface area (Å²) in [6.45, 7) is 7.21. The van der Waals surface area contributed by atoms with Gasteiger partial charge < -0.3 is 4.74 Å². The van der Waals surface area contributed by atoms with E-state index in [2.05, 4.69) is 26.2 Å². The van der Waals surface area contributed by atoms with Crippen molar-refractivity contribution in [2.24, 2.45) is 11.3 Å². The maximum Gasteiger partial charge on any atom is 0.120 e. The molecular weight excluding hydrogens is 248 g/mol. The van der Waals surface area contributed by atoms with Gasteiger partial charge in [0.1, 0.15) is 12.4 Å². The van der Waals surface area contributed by atoms with Crippen LogP contribution in [0.5, 0.6) is 5.75 Å². The van der Waals surface area contributed by atoms with E-state index in [1.54, 1.807) is 6.07 Å². The number of hydrogen-bond acceptors (Lipinski definition) is 3. The molecule has 0 saturated heterocycles. The largest absolute Gasteiger partial charge is 0.492 e. The molecule has 0 aliphatic carbocycles. The van der Waals surface area contributed by atoms with Crippen molar-refractivity contribution in [3.63, 3.8) is 0 Å². The lowest BCUT2D eigenvalue weighted by atomic mass is 9.89. The molecule has 0 amide bonds. The molecule has 0 fully saturated rings. The Hall–Kier alpha value is -0.770. The Kier molecular flexibility index (Phi) is 5.93. The van der Waals surface area contributed by atoms with Crippen LogP contribution >= 0.6 is 11.6 Å². The van der Waals surface area contributed by atoms with Gasteiger partial charge in [-0.1, -0.05) is 38.4 Å². The first-order valence-electron chi connectivity index (χ1n) is 6.25. The number of nitrogens with two attached hydrogens (primary N) is 1. The van der Waals surface area contributed by atoms with Crippen LogP contribution in [-0.4, -0.2) is 12.6 Å². The summed E-state index contributed by atoms with van der Waals surface area (Å²) in [6, 6.07) is 7.55. The Bertz CT molecular complexity index is 363. The lowest BCUT2D eigenvalue weighted by Crippen LogP contribution is -2.40. The number of benzene rings is 1. The zero-order valence-corrected chi connectivity index (χ0v) is 12.1.